The first kappa shape index (κ1) is 13.1. The molecule has 1 heterocycles. The number of hydrogen-bond donors (Lipinski definition) is 1. The van der Waals surface area contributed by atoms with Gasteiger partial charge in [0.05, 0.1) is 11.4 Å². The van der Waals surface area contributed by atoms with Crippen molar-refractivity contribution in [3.63, 3.8) is 0 Å². The number of amides is 1. The standard InChI is InChI=1S/C13H14BrNO3/c1-17-8-10(14)7-15-13(16)12-6-9-4-2-3-5-11(9)18-12/h2-6,10H,7-8H2,1H3,(H,15,16). The second-order valence-corrected chi connectivity index (χ2v) is 5.21. The summed E-state index contributed by atoms with van der Waals surface area (Å²) < 4.78 is 10.4. The van der Waals surface area contributed by atoms with Gasteiger partial charge >= 0.3 is 0 Å². The van der Waals surface area contributed by atoms with Crippen molar-refractivity contribution in [3.05, 3.63) is 36.1 Å². The SMILES string of the molecule is COCC(Br)CNC(=O)c1cc2ccccc2o1. The Morgan fingerprint density at radius 1 is 1.50 bits per heavy atom. The van der Waals surface area contributed by atoms with Gasteiger partial charge in [0.25, 0.3) is 5.91 Å². The van der Waals surface area contributed by atoms with E-state index in [0.29, 0.717) is 18.9 Å². The maximum absolute atomic E-state index is 11.9. The molecule has 1 atom stereocenters. The van der Waals surface area contributed by atoms with Gasteiger partial charge in [0, 0.05) is 19.0 Å². The van der Waals surface area contributed by atoms with Crippen LogP contribution in [0.1, 0.15) is 10.6 Å². The van der Waals surface area contributed by atoms with Crippen molar-refractivity contribution in [3.8, 4) is 0 Å². The number of rotatable bonds is 5. The van der Waals surface area contributed by atoms with Gasteiger partial charge in [-0.15, -0.1) is 0 Å². The number of benzene rings is 1. The fourth-order valence-electron chi connectivity index (χ4n) is 1.62. The van der Waals surface area contributed by atoms with Crippen LogP contribution in [-0.4, -0.2) is 31.0 Å². The molecule has 1 aromatic carbocycles. The fraction of sp³-hybridized carbons (Fsp3) is 0.308. The monoisotopic (exact) mass is 311 g/mol. The average Bonchev–Trinajstić information content (AvgIpc) is 2.80. The van der Waals surface area contributed by atoms with E-state index in [1.54, 1.807) is 13.2 Å². The fourth-order valence-corrected chi connectivity index (χ4v) is 2.05. The van der Waals surface area contributed by atoms with Crippen molar-refractivity contribution >= 4 is 32.8 Å². The molecule has 18 heavy (non-hydrogen) atoms. The molecular formula is C13H14BrNO3. The maximum atomic E-state index is 11.9. The van der Waals surface area contributed by atoms with Gasteiger partial charge in [-0.1, -0.05) is 34.1 Å². The summed E-state index contributed by atoms with van der Waals surface area (Å²) in [5, 5.41) is 3.71. The van der Waals surface area contributed by atoms with E-state index in [4.69, 9.17) is 9.15 Å². The summed E-state index contributed by atoms with van der Waals surface area (Å²) in [5.41, 5.74) is 0.718. The number of methoxy groups -OCH3 is 1. The summed E-state index contributed by atoms with van der Waals surface area (Å²) in [4.78, 5) is 11.9. The van der Waals surface area contributed by atoms with Crippen LogP contribution in [-0.2, 0) is 4.74 Å². The zero-order valence-corrected chi connectivity index (χ0v) is 11.6. The number of ether oxygens (including phenoxy) is 1. The first-order valence-corrected chi connectivity index (χ1v) is 6.52. The molecule has 1 unspecified atom stereocenters. The Balaban J connectivity index is 2.00. The number of furan rings is 1. The molecule has 0 radical (unpaired) electrons. The molecule has 5 heteroatoms. The highest BCUT2D eigenvalue weighted by molar-refractivity contribution is 9.09. The molecule has 0 bridgehead atoms. The Bertz CT molecular complexity index is 505. The Morgan fingerprint density at radius 3 is 3.00 bits per heavy atom. The first-order valence-electron chi connectivity index (χ1n) is 5.60. The molecule has 1 amide bonds. The van der Waals surface area contributed by atoms with Gasteiger partial charge in [0.2, 0.25) is 0 Å². The lowest BCUT2D eigenvalue weighted by Crippen LogP contribution is -2.31. The molecule has 2 aromatic rings. The van der Waals surface area contributed by atoms with Crippen molar-refractivity contribution in [2.45, 2.75) is 4.83 Å². The average molecular weight is 312 g/mol. The highest BCUT2D eigenvalue weighted by atomic mass is 79.9. The molecule has 0 aliphatic heterocycles. The molecule has 1 aromatic heterocycles. The molecule has 96 valence electrons. The second-order valence-electron chi connectivity index (χ2n) is 3.91. The highest BCUT2D eigenvalue weighted by Crippen LogP contribution is 2.18. The summed E-state index contributed by atoms with van der Waals surface area (Å²) >= 11 is 3.40. The van der Waals surface area contributed by atoms with Crippen molar-refractivity contribution in [2.24, 2.45) is 0 Å². The van der Waals surface area contributed by atoms with Gasteiger partial charge in [-0.05, 0) is 12.1 Å². The number of para-hydroxylation sites is 1. The topological polar surface area (TPSA) is 51.5 Å². The van der Waals surface area contributed by atoms with Crippen molar-refractivity contribution in [1.82, 2.24) is 5.32 Å². The molecule has 0 spiro atoms. The Labute approximate surface area is 113 Å². The van der Waals surface area contributed by atoms with Crippen LogP contribution in [0.25, 0.3) is 11.0 Å². The molecular weight excluding hydrogens is 298 g/mol. The molecule has 2 rings (SSSR count). The zero-order chi connectivity index (χ0) is 13.0. The lowest BCUT2D eigenvalue weighted by atomic mass is 10.2. The van der Waals surface area contributed by atoms with E-state index in [1.165, 1.54) is 0 Å². The quantitative estimate of drug-likeness (QED) is 0.863. The van der Waals surface area contributed by atoms with E-state index in [-0.39, 0.29) is 10.7 Å². The molecule has 0 saturated carbocycles. The summed E-state index contributed by atoms with van der Waals surface area (Å²) in [6.07, 6.45) is 0. The summed E-state index contributed by atoms with van der Waals surface area (Å²) in [7, 11) is 1.62. The minimum atomic E-state index is -0.216. The number of fused-ring (bicyclic) bond motifs is 1. The Morgan fingerprint density at radius 2 is 2.28 bits per heavy atom. The number of alkyl halides is 1. The second kappa shape index (κ2) is 6.02. The molecule has 0 fully saturated rings. The van der Waals surface area contributed by atoms with E-state index < -0.39 is 0 Å². The van der Waals surface area contributed by atoms with Gasteiger partial charge < -0.3 is 14.5 Å². The van der Waals surface area contributed by atoms with Crippen LogP contribution < -0.4 is 5.32 Å². The molecule has 0 aliphatic carbocycles. The number of hydrogen-bond acceptors (Lipinski definition) is 3. The Kier molecular flexibility index (Phi) is 4.38. The third-order valence-corrected chi connectivity index (χ3v) is 3.07. The van der Waals surface area contributed by atoms with Crippen LogP contribution in [0.15, 0.2) is 34.7 Å². The predicted molar refractivity (Wildman–Crippen MR) is 73.1 cm³/mol. The lowest BCUT2D eigenvalue weighted by molar-refractivity contribution is 0.0924. The van der Waals surface area contributed by atoms with Crippen LogP contribution >= 0.6 is 15.9 Å². The zero-order valence-electron chi connectivity index (χ0n) is 9.98. The maximum Gasteiger partial charge on any atom is 0.287 e. The van der Waals surface area contributed by atoms with Crippen molar-refractivity contribution in [1.29, 1.82) is 0 Å². The van der Waals surface area contributed by atoms with Crippen molar-refractivity contribution in [2.75, 3.05) is 20.3 Å². The third kappa shape index (κ3) is 3.11. The number of nitrogens with one attached hydrogen (secondary N) is 1. The van der Waals surface area contributed by atoms with Crippen molar-refractivity contribution < 1.29 is 13.9 Å². The third-order valence-electron chi connectivity index (χ3n) is 2.48. The summed E-state index contributed by atoms with van der Waals surface area (Å²) in [6.45, 7) is 1.03. The predicted octanol–water partition coefficient (Wildman–Crippen LogP) is 2.57. The molecule has 0 saturated heterocycles. The summed E-state index contributed by atoms with van der Waals surface area (Å²) in [6, 6.07) is 9.27. The van der Waals surface area contributed by atoms with Gasteiger partial charge in [-0.3, -0.25) is 4.79 Å². The Hall–Kier alpha value is -1.33. The lowest BCUT2D eigenvalue weighted by Gasteiger charge is -2.08. The van der Waals surface area contributed by atoms with Crippen LogP contribution in [0, 0.1) is 0 Å². The highest BCUT2D eigenvalue weighted by Gasteiger charge is 2.13. The van der Waals surface area contributed by atoms with Gasteiger partial charge in [-0.2, -0.15) is 0 Å². The molecule has 0 aliphatic rings. The molecule has 1 N–H and O–H groups in total. The van der Waals surface area contributed by atoms with E-state index in [0.717, 1.165) is 11.0 Å². The number of carbonyl (C=O) groups is 1. The van der Waals surface area contributed by atoms with E-state index >= 15 is 0 Å². The van der Waals surface area contributed by atoms with Gasteiger partial charge in [-0.25, -0.2) is 0 Å². The van der Waals surface area contributed by atoms with E-state index in [1.807, 2.05) is 24.3 Å². The van der Waals surface area contributed by atoms with E-state index in [2.05, 4.69) is 21.2 Å². The van der Waals surface area contributed by atoms with E-state index in [9.17, 15) is 4.79 Å². The largest absolute Gasteiger partial charge is 0.451 e. The first-order chi connectivity index (χ1) is 8.70. The van der Waals surface area contributed by atoms with Crippen LogP contribution in [0.4, 0.5) is 0 Å². The minimum absolute atomic E-state index is 0.0934. The van der Waals surface area contributed by atoms with Gasteiger partial charge in [0.15, 0.2) is 5.76 Å². The van der Waals surface area contributed by atoms with Gasteiger partial charge in [0.1, 0.15) is 5.58 Å². The molecule has 4 nitrogen and oxygen atoms in total. The van der Waals surface area contributed by atoms with Crippen LogP contribution in [0.5, 0.6) is 0 Å². The smallest absolute Gasteiger partial charge is 0.287 e. The normalized spacial score (nSPS) is 12.6. The van der Waals surface area contributed by atoms with Crippen LogP contribution in [0.3, 0.4) is 0 Å². The minimum Gasteiger partial charge on any atom is -0.451 e. The summed E-state index contributed by atoms with van der Waals surface area (Å²) in [5.74, 6) is 0.111. The number of halogens is 1. The number of carbonyl (C=O) groups excluding carboxylic acids is 1. The van der Waals surface area contributed by atoms with Crippen LogP contribution in [0.2, 0.25) is 0 Å².